The Hall–Kier alpha value is -2.53. The zero-order valence-corrected chi connectivity index (χ0v) is 17.2. The second kappa shape index (κ2) is 8.23. The van der Waals surface area contributed by atoms with Gasteiger partial charge in [0.1, 0.15) is 0 Å². The number of carbonyl (C=O) groups is 1. The van der Waals surface area contributed by atoms with Crippen LogP contribution in [0.1, 0.15) is 36.0 Å². The molecule has 0 saturated carbocycles. The fourth-order valence-corrected chi connectivity index (χ4v) is 4.48. The number of nitrogens with one attached hydrogen (secondary N) is 1. The second-order valence-corrected chi connectivity index (χ2v) is 8.39. The molecule has 28 heavy (non-hydrogen) atoms. The molecule has 0 unspecified atom stereocenters. The zero-order valence-electron chi connectivity index (χ0n) is 16.4. The average Bonchev–Trinajstić information content (AvgIpc) is 3.05. The lowest BCUT2D eigenvalue weighted by molar-refractivity contribution is -0.115. The number of hydrogen-bond acceptors (Lipinski definition) is 4. The van der Waals surface area contributed by atoms with E-state index in [4.69, 9.17) is 0 Å². The molecule has 4 rings (SSSR count). The summed E-state index contributed by atoms with van der Waals surface area (Å²) in [5.41, 5.74) is 5.44. The normalized spacial score (nSPS) is 20.1. The van der Waals surface area contributed by atoms with E-state index in [0.29, 0.717) is 10.1 Å². The summed E-state index contributed by atoms with van der Waals surface area (Å²) in [6.07, 6.45) is 5.81. The number of benzene rings is 2. The predicted octanol–water partition coefficient (Wildman–Crippen LogP) is 5.19. The number of hydrogen-bond donors (Lipinski definition) is 1. The largest absolute Gasteiger partial charge is 0.372 e. The molecule has 0 atom stereocenters. The molecule has 2 aliphatic heterocycles. The summed E-state index contributed by atoms with van der Waals surface area (Å²) in [7, 11) is 0. The molecule has 1 N–H and O–H groups in total. The van der Waals surface area contributed by atoms with E-state index < -0.39 is 0 Å². The summed E-state index contributed by atoms with van der Waals surface area (Å²) >= 11 is 1.40. The van der Waals surface area contributed by atoms with Crippen molar-refractivity contribution in [1.29, 1.82) is 0 Å². The molecule has 2 aliphatic rings. The van der Waals surface area contributed by atoms with Crippen LogP contribution < -0.4 is 10.2 Å². The highest BCUT2D eigenvalue weighted by Crippen LogP contribution is 2.31. The standard InChI is InChI=1S/C23H25N3OS/c1-16-7-6-8-17(2)21(16)24-23-25-22(27)20(28-23)15-18-9-11-19(12-10-18)26-13-4-3-5-14-26/h6-12,15H,3-5,13-14H2,1-2H3,(H,24,25,27)/b20-15+. The van der Waals surface area contributed by atoms with Crippen LogP contribution in [0, 0.1) is 13.8 Å². The summed E-state index contributed by atoms with van der Waals surface area (Å²) in [4.78, 5) is 20.2. The van der Waals surface area contributed by atoms with Gasteiger partial charge in [-0.2, -0.15) is 0 Å². The lowest BCUT2D eigenvalue weighted by Gasteiger charge is -2.28. The molecule has 2 heterocycles. The van der Waals surface area contributed by atoms with E-state index in [-0.39, 0.29) is 5.91 Å². The van der Waals surface area contributed by atoms with Crippen molar-refractivity contribution < 1.29 is 4.79 Å². The fraction of sp³-hybridized carbons (Fsp3) is 0.304. The van der Waals surface area contributed by atoms with Gasteiger partial charge < -0.3 is 10.2 Å². The number of amidine groups is 1. The molecular weight excluding hydrogens is 366 g/mol. The number of nitrogens with zero attached hydrogens (tertiary/aromatic N) is 2. The third kappa shape index (κ3) is 4.14. The van der Waals surface area contributed by atoms with E-state index >= 15 is 0 Å². The van der Waals surface area contributed by atoms with Crippen LogP contribution in [0.5, 0.6) is 0 Å². The molecule has 2 aromatic rings. The molecule has 0 bridgehead atoms. The van der Waals surface area contributed by atoms with Gasteiger partial charge in [0, 0.05) is 18.8 Å². The molecule has 0 radical (unpaired) electrons. The number of aryl methyl sites for hydroxylation is 2. The number of para-hydroxylation sites is 1. The molecule has 0 spiro atoms. The number of carbonyl (C=O) groups excluding carboxylic acids is 1. The SMILES string of the molecule is Cc1cccc(C)c1N=C1NC(=O)/C(=C\c2ccc(N3CCCCC3)cc2)S1. The van der Waals surface area contributed by atoms with Crippen molar-refractivity contribution in [3.8, 4) is 0 Å². The van der Waals surface area contributed by atoms with Gasteiger partial charge in [0.25, 0.3) is 5.91 Å². The van der Waals surface area contributed by atoms with Gasteiger partial charge >= 0.3 is 0 Å². The Morgan fingerprint density at radius 3 is 2.36 bits per heavy atom. The van der Waals surface area contributed by atoms with Crippen LogP contribution in [-0.4, -0.2) is 24.2 Å². The van der Waals surface area contributed by atoms with Crippen LogP contribution in [0.3, 0.4) is 0 Å². The van der Waals surface area contributed by atoms with E-state index in [1.165, 1.54) is 36.7 Å². The summed E-state index contributed by atoms with van der Waals surface area (Å²) in [6, 6.07) is 14.6. The third-order valence-corrected chi connectivity index (χ3v) is 6.13. The van der Waals surface area contributed by atoms with E-state index in [1.807, 2.05) is 38.1 Å². The molecule has 5 heteroatoms. The molecule has 2 saturated heterocycles. The first kappa shape index (κ1) is 18.8. The lowest BCUT2D eigenvalue weighted by atomic mass is 10.1. The van der Waals surface area contributed by atoms with E-state index in [9.17, 15) is 4.79 Å². The maximum Gasteiger partial charge on any atom is 0.264 e. The van der Waals surface area contributed by atoms with Crippen LogP contribution in [0.2, 0.25) is 0 Å². The van der Waals surface area contributed by atoms with Gasteiger partial charge in [-0.05, 0) is 79.8 Å². The number of aliphatic imine (C=N–C) groups is 1. The average molecular weight is 392 g/mol. The molecule has 144 valence electrons. The van der Waals surface area contributed by atoms with Gasteiger partial charge in [-0.15, -0.1) is 0 Å². The van der Waals surface area contributed by atoms with E-state index in [1.54, 1.807) is 0 Å². The van der Waals surface area contributed by atoms with Crippen molar-refractivity contribution in [3.05, 3.63) is 64.1 Å². The van der Waals surface area contributed by atoms with Gasteiger partial charge in [0.15, 0.2) is 5.17 Å². The molecule has 2 fully saturated rings. The van der Waals surface area contributed by atoms with Gasteiger partial charge in [-0.25, -0.2) is 4.99 Å². The van der Waals surface area contributed by atoms with Crippen molar-refractivity contribution in [2.75, 3.05) is 18.0 Å². The molecule has 0 aliphatic carbocycles. The highest BCUT2D eigenvalue weighted by molar-refractivity contribution is 8.18. The number of thioether (sulfide) groups is 1. The van der Waals surface area contributed by atoms with Crippen molar-refractivity contribution >= 4 is 40.3 Å². The number of piperidine rings is 1. The fourth-order valence-electron chi connectivity index (χ4n) is 3.65. The predicted molar refractivity (Wildman–Crippen MR) is 119 cm³/mol. The minimum atomic E-state index is -0.0879. The van der Waals surface area contributed by atoms with Crippen molar-refractivity contribution in [1.82, 2.24) is 5.32 Å². The molecule has 0 aromatic heterocycles. The first-order valence-electron chi connectivity index (χ1n) is 9.81. The number of amides is 1. The Kier molecular flexibility index (Phi) is 5.53. The first-order valence-corrected chi connectivity index (χ1v) is 10.6. The highest BCUT2D eigenvalue weighted by atomic mass is 32.2. The third-order valence-electron chi connectivity index (χ3n) is 5.22. The van der Waals surface area contributed by atoms with Crippen LogP contribution in [0.4, 0.5) is 11.4 Å². The monoisotopic (exact) mass is 391 g/mol. The van der Waals surface area contributed by atoms with Crippen LogP contribution in [-0.2, 0) is 4.79 Å². The minimum absolute atomic E-state index is 0.0879. The Labute approximate surface area is 170 Å². The molecule has 2 aromatic carbocycles. The van der Waals surface area contributed by atoms with Crippen molar-refractivity contribution in [2.24, 2.45) is 4.99 Å². The van der Waals surface area contributed by atoms with Crippen molar-refractivity contribution in [3.63, 3.8) is 0 Å². The number of rotatable bonds is 3. The Balaban J connectivity index is 1.51. The van der Waals surface area contributed by atoms with Gasteiger partial charge in [-0.1, -0.05) is 30.3 Å². The molecule has 4 nitrogen and oxygen atoms in total. The maximum absolute atomic E-state index is 12.4. The van der Waals surface area contributed by atoms with Crippen LogP contribution in [0.15, 0.2) is 52.4 Å². The highest BCUT2D eigenvalue weighted by Gasteiger charge is 2.24. The second-order valence-electron chi connectivity index (χ2n) is 7.36. The Morgan fingerprint density at radius 2 is 1.68 bits per heavy atom. The topological polar surface area (TPSA) is 44.7 Å². The van der Waals surface area contributed by atoms with Crippen LogP contribution in [0.25, 0.3) is 6.08 Å². The smallest absolute Gasteiger partial charge is 0.264 e. The summed E-state index contributed by atoms with van der Waals surface area (Å²) in [6.45, 7) is 6.34. The lowest BCUT2D eigenvalue weighted by Crippen LogP contribution is -2.29. The van der Waals surface area contributed by atoms with E-state index in [0.717, 1.165) is 35.5 Å². The summed E-state index contributed by atoms with van der Waals surface area (Å²) < 4.78 is 0. The quantitative estimate of drug-likeness (QED) is 0.733. The van der Waals surface area contributed by atoms with E-state index in [2.05, 4.69) is 39.5 Å². The minimum Gasteiger partial charge on any atom is -0.372 e. The van der Waals surface area contributed by atoms with Crippen molar-refractivity contribution in [2.45, 2.75) is 33.1 Å². The van der Waals surface area contributed by atoms with Gasteiger partial charge in [0.05, 0.1) is 10.6 Å². The van der Waals surface area contributed by atoms with Crippen LogP contribution >= 0.6 is 11.8 Å². The molecule has 1 amide bonds. The van der Waals surface area contributed by atoms with Gasteiger partial charge in [0.2, 0.25) is 0 Å². The van der Waals surface area contributed by atoms with Gasteiger partial charge in [-0.3, -0.25) is 4.79 Å². The summed E-state index contributed by atoms with van der Waals surface area (Å²) in [5, 5.41) is 3.53. The zero-order chi connectivity index (χ0) is 19.5. The first-order chi connectivity index (χ1) is 13.6. The summed E-state index contributed by atoms with van der Waals surface area (Å²) in [5.74, 6) is -0.0879. The molecular formula is C23H25N3OS. The Morgan fingerprint density at radius 1 is 1.00 bits per heavy atom. The Bertz CT molecular complexity index is 921. The number of anilines is 1. The maximum atomic E-state index is 12.4.